The highest BCUT2D eigenvalue weighted by molar-refractivity contribution is 6.11. The highest BCUT2D eigenvalue weighted by atomic mass is 16.2. The van der Waals surface area contributed by atoms with Gasteiger partial charge in [0.25, 0.3) is 11.1 Å². The summed E-state index contributed by atoms with van der Waals surface area (Å²) in [6.07, 6.45) is 0. The van der Waals surface area contributed by atoms with Gasteiger partial charge in [-0.3, -0.25) is 9.59 Å². The van der Waals surface area contributed by atoms with Gasteiger partial charge in [0, 0.05) is 21.9 Å². The van der Waals surface area contributed by atoms with Crippen molar-refractivity contribution in [2.75, 3.05) is 0 Å². The summed E-state index contributed by atoms with van der Waals surface area (Å²) in [5.74, 6) is 0. The van der Waals surface area contributed by atoms with Gasteiger partial charge in [-0.25, -0.2) is 4.52 Å². The molecule has 0 saturated heterocycles. The van der Waals surface area contributed by atoms with Crippen LogP contribution < -0.4 is 11.1 Å². The van der Waals surface area contributed by atoms with Crippen LogP contribution in [0.15, 0.2) is 161 Å². The molecule has 5 heteroatoms. The summed E-state index contributed by atoms with van der Waals surface area (Å²) in [6, 6.07) is 52.3. The van der Waals surface area contributed by atoms with Crippen LogP contribution in [-0.4, -0.2) is 13.6 Å². The third-order valence-electron chi connectivity index (χ3n) is 11.4. The molecule has 0 radical (unpaired) electrons. The van der Waals surface area contributed by atoms with Crippen LogP contribution in [0.3, 0.4) is 0 Å². The second-order valence-corrected chi connectivity index (χ2v) is 14.5. The molecule has 3 aromatic heterocycles. The molecule has 0 atom stereocenters. The lowest BCUT2D eigenvalue weighted by molar-refractivity contribution is 0.661. The first-order valence-corrected chi connectivity index (χ1v) is 17.7. The number of fused-ring (bicyclic) bond motifs is 11. The normalized spacial score (nSPS) is 13.5. The number of benzene rings is 7. The van der Waals surface area contributed by atoms with Gasteiger partial charge in [0.05, 0.1) is 32.8 Å². The van der Waals surface area contributed by atoms with Crippen LogP contribution in [-0.2, 0) is 5.41 Å². The minimum Gasteiger partial charge on any atom is -0.309 e. The molecule has 0 amide bonds. The van der Waals surface area contributed by atoms with Crippen molar-refractivity contribution in [2.24, 2.45) is 0 Å². The zero-order valence-electron chi connectivity index (χ0n) is 28.6. The number of hydrogen-bond donors (Lipinski definition) is 0. The van der Waals surface area contributed by atoms with Crippen LogP contribution in [0.1, 0.15) is 25.0 Å². The maximum atomic E-state index is 14.0. The van der Waals surface area contributed by atoms with E-state index >= 15 is 0 Å². The lowest BCUT2D eigenvalue weighted by Crippen LogP contribution is -2.21. The monoisotopic (exact) mass is 669 g/mol. The van der Waals surface area contributed by atoms with Crippen LogP contribution in [0.2, 0.25) is 0 Å². The Labute approximate surface area is 298 Å². The van der Waals surface area contributed by atoms with Gasteiger partial charge in [-0.15, -0.1) is 0 Å². The van der Waals surface area contributed by atoms with Gasteiger partial charge in [0.2, 0.25) is 0 Å². The molecule has 0 bridgehead atoms. The Bertz CT molecular complexity index is 3250. The Morgan fingerprint density at radius 3 is 2.02 bits per heavy atom. The Kier molecular flexibility index (Phi) is 5.69. The predicted molar refractivity (Wildman–Crippen MR) is 212 cm³/mol. The second-order valence-electron chi connectivity index (χ2n) is 14.5. The number of rotatable bonds is 3. The van der Waals surface area contributed by atoms with E-state index in [1.54, 1.807) is 4.52 Å². The van der Waals surface area contributed by atoms with Crippen molar-refractivity contribution in [3.05, 3.63) is 183 Å². The molecule has 0 N–H and O–H groups in total. The van der Waals surface area contributed by atoms with Crippen molar-refractivity contribution >= 4 is 43.6 Å². The van der Waals surface area contributed by atoms with Crippen molar-refractivity contribution in [1.29, 1.82) is 0 Å². The first-order chi connectivity index (χ1) is 25.4. The number of aromatic nitrogens is 3. The van der Waals surface area contributed by atoms with Crippen molar-refractivity contribution < 1.29 is 0 Å². The van der Waals surface area contributed by atoms with Gasteiger partial charge in [-0.1, -0.05) is 117 Å². The van der Waals surface area contributed by atoms with Gasteiger partial charge in [0.1, 0.15) is 0 Å². The molecular weight excluding hydrogens is 639 g/mol. The zero-order chi connectivity index (χ0) is 34.9. The molecule has 0 unspecified atom stereocenters. The highest BCUT2D eigenvalue weighted by Gasteiger charge is 2.36. The molecule has 11 rings (SSSR count). The van der Waals surface area contributed by atoms with E-state index in [0.29, 0.717) is 16.3 Å². The summed E-state index contributed by atoms with van der Waals surface area (Å²) in [5.41, 5.74) is 13.1. The second kappa shape index (κ2) is 10.2. The van der Waals surface area contributed by atoms with E-state index in [1.165, 1.54) is 43.1 Å². The smallest absolute Gasteiger partial charge is 0.283 e. The summed E-state index contributed by atoms with van der Waals surface area (Å²) in [5, 5.41) is 3.51. The van der Waals surface area contributed by atoms with Crippen molar-refractivity contribution in [3.8, 4) is 39.1 Å². The van der Waals surface area contributed by atoms with E-state index < -0.39 is 0 Å². The highest BCUT2D eigenvalue weighted by Crippen LogP contribution is 2.51. The first-order valence-electron chi connectivity index (χ1n) is 17.7. The third kappa shape index (κ3) is 3.72. The maximum Gasteiger partial charge on any atom is 0.283 e. The summed E-state index contributed by atoms with van der Waals surface area (Å²) in [4.78, 5) is 28.0. The van der Waals surface area contributed by atoms with Crippen LogP contribution in [0.5, 0.6) is 0 Å². The van der Waals surface area contributed by atoms with Crippen molar-refractivity contribution in [3.63, 3.8) is 0 Å². The molecule has 10 aromatic rings. The topological polar surface area (TPSA) is 47.9 Å². The van der Waals surface area contributed by atoms with Crippen LogP contribution in [0.4, 0.5) is 0 Å². The lowest BCUT2D eigenvalue weighted by Gasteiger charge is -2.21. The summed E-state index contributed by atoms with van der Waals surface area (Å²) >= 11 is 0. The SMILES string of the molecule is CC1(C)c2ccccc2-c2cc3c4ccccc4n(-c4cccc(-c5ccc6c(c5)c(=O)n5c(=O)c7c(-c8ccccc8)cccc7n65)c4)c3cc21. The molecule has 0 spiro atoms. The number of para-hydroxylation sites is 1. The van der Waals surface area contributed by atoms with E-state index in [0.717, 1.165) is 39.0 Å². The average molecular weight is 670 g/mol. The molecule has 0 saturated carbocycles. The van der Waals surface area contributed by atoms with Gasteiger partial charge >= 0.3 is 0 Å². The summed E-state index contributed by atoms with van der Waals surface area (Å²) in [7, 11) is 0. The van der Waals surface area contributed by atoms with Crippen molar-refractivity contribution in [1.82, 2.24) is 13.6 Å². The molecule has 3 heterocycles. The van der Waals surface area contributed by atoms with Gasteiger partial charge < -0.3 is 4.57 Å². The van der Waals surface area contributed by atoms with Gasteiger partial charge in [-0.2, -0.15) is 4.52 Å². The Balaban J connectivity index is 1.09. The molecule has 0 fully saturated rings. The van der Waals surface area contributed by atoms with Crippen molar-refractivity contribution in [2.45, 2.75) is 19.3 Å². The molecule has 7 aromatic carbocycles. The average Bonchev–Trinajstić information content (AvgIpc) is 3.85. The Morgan fingerprint density at radius 1 is 0.423 bits per heavy atom. The summed E-state index contributed by atoms with van der Waals surface area (Å²) in [6.45, 7) is 4.64. The Morgan fingerprint density at radius 2 is 1.13 bits per heavy atom. The van der Waals surface area contributed by atoms with E-state index in [4.69, 9.17) is 0 Å². The van der Waals surface area contributed by atoms with Gasteiger partial charge in [0.15, 0.2) is 0 Å². The van der Waals surface area contributed by atoms with E-state index in [9.17, 15) is 9.59 Å². The lowest BCUT2D eigenvalue weighted by atomic mass is 9.82. The largest absolute Gasteiger partial charge is 0.309 e. The molecule has 52 heavy (non-hydrogen) atoms. The fraction of sp³-hybridized carbons (Fsp3) is 0.0638. The fourth-order valence-electron chi connectivity index (χ4n) is 8.98. The number of hydrogen-bond acceptors (Lipinski definition) is 2. The van der Waals surface area contributed by atoms with E-state index in [2.05, 4.69) is 109 Å². The minimum absolute atomic E-state index is 0.116. The molecular formula is C47H31N3O2. The van der Waals surface area contributed by atoms with Crippen LogP contribution in [0, 0.1) is 0 Å². The molecule has 5 nitrogen and oxygen atoms in total. The molecule has 0 aliphatic heterocycles. The quantitative estimate of drug-likeness (QED) is 0.188. The van der Waals surface area contributed by atoms with E-state index in [1.807, 2.05) is 60.7 Å². The van der Waals surface area contributed by atoms with Crippen LogP contribution in [0.25, 0.3) is 82.7 Å². The first kappa shape index (κ1) is 29.1. The molecule has 1 aliphatic carbocycles. The number of nitrogens with zero attached hydrogens (tertiary/aromatic N) is 3. The predicted octanol–water partition coefficient (Wildman–Crippen LogP) is 10.2. The van der Waals surface area contributed by atoms with Crippen LogP contribution >= 0.6 is 0 Å². The molecule has 1 aliphatic rings. The fourth-order valence-corrected chi connectivity index (χ4v) is 8.98. The third-order valence-corrected chi connectivity index (χ3v) is 11.4. The zero-order valence-corrected chi connectivity index (χ0v) is 28.6. The minimum atomic E-state index is -0.312. The summed E-state index contributed by atoms with van der Waals surface area (Å²) < 4.78 is 5.43. The standard InChI is InChI=1S/C47H31N3O2/c1-47(2)38-19-8-6-16-33(38)35-26-36-34-17-7-9-20-40(34)48(43(36)27-39(35)47)31-15-10-14-29(24-31)30-22-23-41-37(25-30)45(51)50-46(52)44-32(28-12-4-3-5-13-28)18-11-21-42(44)49(41)50/h3-27H,1-2H3. The molecule has 246 valence electrons. The Hall–Kier alpha value is -6.72. The maximum absolute atomic E-state index is 14.0. The van der Waals surface area contributed by atoms with E-state index in [-0.39, 0.29) is 16.5 Å². The van der Waals surface area contributed by atoms with Gasteiger partial charge in [-0.05, 0) is 93.0 Å².